The lowest BCUT2D eigenvalue weighted by Crippen LogP contribution is -2.67. The van der Waals surface area contributed by atoms with Crippen LogP contribution in [0.4, 0.5) is 0 Å². The molecule has 5 saturated carbocycles. The van der Waals surface area contributed by atoms with Crippen LogP contribution in [0.15, 0.2) is 12.2 Å². The second-order valence-electron chi connectivity index (χ2n) is 15.2. The van der Waals surface area contributed by atoms with E-state index in [0.717, 1.165) is 12.3 Å². The first-order valence-corrected chi connectivity index (χ1v) is 14.7. The van der Waals surface area contributed by atoms with E-state index in [4.69, 9.17) is 4.74 Å². The number of esters is 1. The van der Waals surface area contributed by atoms with Crippen LogP contribution in [0.5, 0.6) is 0 Å². The zero-order chi connectivity index (χ0) is 25.6. The summed E-state index contributed by atoms with van der Waals surface area (Å²) >= 11 is 0. The largest absolute Gasteiger partial charge is 0.462 e. The number of ether oxygens (including phenoxy) is 1. The molecule has 0 amide bonds. The molecular weight excluding hydrogens is 432 g/mol. The summed E-state index contributed by atoms with van der Waals surface area (Å²) in [7, 11) is 0. The molecule has 10 atom stereocenters. The molecule has 0 aliphatic heterocycles. The summed E-state index contributed by atoms with van der Waals surface area (Å²) in [6.07, 6.45) is 12.2. The Balaban J connectivity index is 1.51. The third-order valence-corrected chi connectivity index (χ3v) is 13.8. The van der Waals surface area contributed by atoms with Crippen molar-refractivity contribution in [1.82, 2.24) is 0 Å². The molecule has 5 rings (SSSR count). The third-order valence-electron chi connectivity index (χ3n) is 13.8. The second kappa shape index (κ2) is 8.08. The summed E-state index contributed by atoms with van der Waals surface area (Å²) in [6.45, 7) is 21.3. The Morgan fingerprint density at radius 1 is 0.857 bits per heavy atom. The van der Waals surface area contributed by atoms with Crippen molar-refractivity contribution in [2.45, 2.75) is 119 Å². The maximum Gasteiger partial charge on any atom is 0.302 e. The predicted octanol–water partition coefficient (Wildman–Crippen LogP) is 7.57. The smallest absolute Gasteiger partial charge is 0.302 e. The van der Waals surface area contributed by atoms with Crippen LogP contribution in [0.3, 0.4) is 0 Å². The summed E-state index contributed by atoms with van der Waals surface area (Å²) in [6, 6.07) is 0. The first-order chi connectivity index (χ1) is 16.3. The molecule has 0 aromatic heterocycles. The van der Waals surface area contributed by atoms with Gasteiger partial charge >= 0.3 is 5.97 Å². The van der Waals surface area contributed by atoms with Gasteiger partial charge < -0.3 is 9.84 Å². The lowest BCUT2D eigenvalue weighted by atomic mass is 9.32. The molecule has 5 fully saturated rings. The van der Waals surface area contributed by atoms with Crippen LogP contribution < -0.4 is 0 Å². The Kier molecular flexibility index (Phi) is 5.96. The van der Waals surface area contributed by atoms with Crippen LogP contribution in [-0.2, 0) is 9.53 Å². The molecule has 5 aliphatic carbocycles. The molecule has 198 valence electrons. The molecule has 1 N–H and O–H groups in total. The maximum atomic E-state index is 11.9. The highest BCUT2D eigenvalue weighted by molar-refractivity contribution is 5.66. The van der Waals surface area contributed by atoms with Crippen molar-refractivity contribution < 1.29 is 14.6 Å². The molecule has 0 aromatic rings. The molecule has 0 aromatic carbocycles. The number of carbonyl (C=O) groups is 1. The summed E-state index contributed by atoms with van der Waals surface area (Å²) in [5.74, 6) is 3.07. The number of rotatable bonds is 3. The van der Waals surface area contributed by atoms with Gasteiger partial charge in [0.1, 0.15) is 6.10 Å². The fourth-order valence-corrected chi connectivity index (χ4v) is 11.9. The summed E-state index contributed by atoms with van der Waals surface area (Å²) in [5.41, 5.74) is 2.45. The van der Waals surface area contributed by atoms with Crippen LogP contribution in [-0.4, -0.2) is 23.8 Å². The van der Waals surface area contributed by atoms with Crippen molar-refractivity contribution in [2.24, 2.45) is 56.7 Å². The molecule has 0 saturated heterocycles. The number of hydrogen-bond acceptors (Lipinski definition) is 3. The highest BCUT2D eigenvalue weighted by Crippen LogP contribution is 2.77. The van der Waals surface area contributed by atoms with Crippen molar-refractivity contribution in [3.05, 3.63) is 12.2 Å². The SMILES string of the molecule is C=C(C)C1CC[C@]2(CO)CCC3(C)[C@H](CCC4[C@@]5(C)CC[C@H](OC(C)=O)C(C)(C)C5CC[C@]43C)C12. The van der Waals surface area contributed by atoms with Gasteiger partial charge in [0.15, 0.2) is 0 Å². The zero-order valence-electron chi connectivity index (χ0n) is 23.7. The van der Waals surface area contributed by atoms with E-state index < -0.39 is 0 Å². The van der Waals surface area contributed by atoms with E-state index >= 15 is 0 Å². The fourth-order valence-electron chi connectivity index (χ4n) is 11.9. The second-order valence-corrected chi connectivity index (χ2v) is 15.2. The predicted molar refractivity (Wildman–Crippen MR) is 142 cm³/mol. The van der Waals surface area contributed by atoms with E-state index in [0.29, 0.717) is 46.5 Å². The number of hydrogen-bond donors (Lipinski definition) is 1. The minimum Gasteiger partial charge on any atom is -0.462 e. The van der Waals surface area contributed by atoms with E-state index in [9.17, 15) is 9.90 Å². The molecule has 5 unspecified atom stereocenters. The average molecular weight is 485 g/mol. The van der Waals surface area contributed by atoms with Gasteiger partial charge in [-0.05, 0) is 122 Å². The average Bonchev–Trinajstić information content (AvgIpc) is 3.16. The van der Waals surface area contributed by atoms with Crippen molar-refractivity contribution in [1.29, 1.82) is 0 Å². The Morgan fingerprint density at radius 3 is 2.20 bits per heavy atom. The first-order valence-electron chi connectivity index (χ1n) is 14.7. The van der Waals surface area contributed by atoms with E-state index in [1.165, 1.54) is 63.4 Å². The Bertz CT molecular complexity index is 891. The van der Waals surface area contributed by atoms with Crippen molar-refractivity contribution >= 4 is 5.97 Å². The lowest BCUT2D eigenvalue weighted by Gasteiger charge is -2.73. The van der Waals surface area contributed by atoms with Gasteiger partial charge in [0, 0.05) is 18.9 Å². The molecule has 3 heteroatoms. The quantitative estimate of drug-likeness (QED) is 0.332. The number of aliphatic hydroxyl groups excluding tert-OH is 1. The lowest BCUT2D eigenvalue weighted by molar-refractivity contribution is -0.251. The number of carbonyl (C=O) groups excluding carboxylic acids is 1. The van der Waals surface area contributed by atoms with Crippen LogP contribution in [0, 0.1) is 56.7 Å². The Morgan fingerprint density at radius 2 is 1.57 bits per heavy atom. The van der Waals surface area contributed by atoms with Crippen molar-refractivity contribution in [3.63, 3.8) is 0 Å². The number of fused-ring (bicyclic) bond motifs is 7. The summed E-state index contributed by atoms with van der Waals surface area (Å²) < 4.78 is 5.90. The molecule has 5 aliphatic rings. The number of allylic oxidation sites excluding steroid dienone is 1. The first kappa shape index (κ1) is 25.8. The molecule has 3 nitrogen and oxygen atoms in total. The Labute approximate surface area is 214 Å². The monoisotopic (exact) mass is 484 g/mol. The third kappa shape index (κ3) is 3.28. The van der Waals surface area contributed by atoms with Crippen molar-refractivity contribution in [2.75, 3.05) is 6.61 Å². The van der Waals surface area contributed by atoms with Gasteiger partial charge in [0.05, 0.1) is 0 Å². The van der Waals surface area contributed by atoms with Crippen LogP contribution in [0.1, 0.15) is 113 Å². The summed E-state index contributed by atoms with van der Waals surface area (Å²) in [5, 5.41) is 10.7. The van der Waals surface area contributed by atoms with E-state index in [1.807, 2.05) is 0 Å². The highest BCUT2D eigenvalue weighted by atomic mass is 16.5. The molecule has 35 heavy (non-hydrogen) atoms. The van der Waals surface area contributed by atoms with Crippen LogP contribution in [0.25, 0.3) is 0 Å². The van der Waals surface area contributed by atoms with Crippen LogP contribution in [0.2, 0.25) is 0 Å². The van der Waals surface area contributed by atoms with E-state index in [2.05, 4.69) is 48.1 Å². The minimum absolute atomic E-state index is 0.0207. The summed E-state index contributed by atoms with van der Waals surface area (Å²) in [4.78, 5) is 11.9. The highest BCUT2D eigenvalue weighted by Gasteiger charge is 2.71. The van der Waals surface area contributed by atoms with E-state index in [-0.39, 0.29) is 22.9 Å². The van der Waals surface area contributed by atoms with Gasteiger partial charge in [-0.15, -0.1) is 0 Å². The molecular formula is C32H52O3. The van der Waals surface area contributed by atoms with Gasteiger partial charge in [-0.1, -0.05) is 46.8 Å². The minimum atomic E-state index is -0.126. The number of aliphatic hydroxyl groups is 1. The zero-order valence-corrected chi connectivity index (χ0v) is 23.7. The Hall–Kier alpha value is -0.830. The normalized spacial score (nSPS) is 52.5. The maximum absolute atomic E-state index is 11.9. The molecule has 0 bridgehead atoms. The van der Waals surface area contributed by atoms with Gasteiger partial charge in [-0.2, -0.15) is 0 Å². The molecule has 0 radical (unpaired) electrons. The van der Waals surface area contributed by atoms with Crippen LogP contribution >= 0.6 is 0 Å². The van der Waals surface area contributed by atoms with E-state index in [1.54, 1.807) is 6.92 Å². The van der Waals surface area contributed by atoms with Gasteiger partial charge in [0.2, 0.25) is 0 Å². The molecule has 0 heterocycles. The van der Waals surface area contributed by atoms with Gasteiger partial charge in [-0.25, -0.2) is 0 Å². The van der Waals surface area contributed by atoms with Gasteiger partial charge in [-0.3, -0.25) is 4.79 Å². The fraction of sp³-hybridized carbons (Fsp3) is 0.906. The van der Waals surface area contributed by atoms with Gasteiger partial charge in [0.25, 0.3) is 0 Å². The van der Waals surface area contributed by atoms with Crippen molar-refractivity contribution in [3.8, 4) is 0 Å². The topological polar surface area (TPSA) is 46.5 Å². The molecule has 0 spiro atoms. The standard InChI is InChI=1S/C32H52O3/c1-20(2)22-11-16-32(19-33)18-17-30(7)23(27(22)32)9-10-25-29(6)14-13-26(35-21(3)34)28(4,5)24(29)12-15-31(25,30)8/h22-27,33H,1,9-19H2,2-8H3/t22?,23-,24?,25?,26+,27?,29+,30?,31-,32-/m1/s1.